The summed E-state index contributed by atoms with van der Waals surface area (Å²) in [5.74, 6) is 0. The second-order valence-electron chi connectivity index (χ2n) is 3.89. The molecule has 0 aliphatic rings. The quantitative estimate of drug-likeness (QED) is 0.858. The van der Waals surface area contributed by atoms with Crippen LogP contribution in [0.1, 0.15) is 16.8 Å². The third-order valence-electron chi connectivity index (χ3n) is 2.53. The zero-order valence-corrected chi connectivity index (χ0v) is 10.1. The fourth-order valence-corrected chi connectivity index (χ4v) is 1.68. The summed E-state index contributed by atoms with van der Waals surface area (Å²) in [7, 11) is 1.23. The molecule has 0 bridgehead atoms. The van der Waals surface area contributed by atoms with E-state index in [4.69, 9.17) is 0 Å². The molecule has 100 valence electrons. The van der Waals surface area contributed by atoms with Gasteiger partial charge in [-0.15, -0.1) is 0 Å². The van der Waals surface area contributed by atoms with Crippen molar-refractivity contribution >= 4 is 0 Å². The first-order chi connectivity index (χ1) is 9.00. The highest BCUT2D eigenvalue weighted by Gasteiger charge is 2.36. The first-order valence-corrected chi connectivity index (χ1v) is 5.51. The molecule has 0 N–H and O–H groups in total. The van der Waals surface area contributed by atoms with Gasteiger partial charge in [-0.3, -0.25) is 0 Å². The number of halogens is 3. The number of benzene rings is 1. The van der Waals surface area contributed by atoms with Gasteiger partial charge in [-0.1, -0.05) is 30.3 Å². The summed E-state index contributed by atoms with van der Waals surface area (Å²) in [6.07, 6.45) is -3.25. The summed E-state index contributed by atoms with van der Waals surface area (Å²) in [6.45, 7) is 0. The first kappa shape index (κ1) is 13.3. The lowest BCUT2D eigenvalue weighted by atomic mass is 10.0. The van der Waals surface area contributed by atoms with Crippen molar-refractivity contribution in [3.05, 3.63) is 53.3 Å². The number of ether oxygens (including phenoxy) is 1. The Hall–Kier alpha value is -2.11. The van der Waals surface area contributed by atoms with Crippen LogP contribution in [0.2, 0.25) is 0 Å². The normalized spacial score (nSPS) is 11.4. The number of methoxy groups -OCH3 is 1. The summed E-state index contributed by atoms with van der Waals surface area (Å²) in [4.78, 5) is 7.13. The van der Waals surface area contributed by atoms with E-state index in [1.807, 2.05) is 0 Å². The monoisotopic (exact) mass is 268 g/mol. The molecule has 0 aliphatic heterocycles. The Morgan fingerprint density at radius 1 is 1.16 bits per heavy atom. The van der Waals surface area contributed by atoms with Crippen LogP contribution < -0.4 is 4.74 Å². The van der Waals surface area contributed by atoms with Crippen LogP contribution in [-0.2, 0) is 12.6 Å². The van der Waals surface area contributed by atoms with E-state index in [1.54, 1.807) is 30.3 Å². The second-order valence-corrected chi connectivity index (χ2v) is 3.89. The van der Waals surface area contributed by atoms with Gasteiger partial charge >= 0.3 is 12.2 Å². The minimum atomic E-state index is -4.53. The lowest BCUT2D eigenvalue weighted by Gasteiger charge is -2.12. The van der Waals surface area contributed by atoms with Crippen molar-refractivity contribution in [2.45, 2.75) is 12.6 Å². The van der Waals surface area contributed by atoms with Crippen molar-refractivity contribution in [3.63, 3.8) is 0 Å². The van der Waals surface area contributed by atoms with E-state index in [2.05, 4.69) is 14.7 Å². The van der Waals surface area contributed by atoms with Gasteiger partial charge in [-0.2, -0.15) is 18.2 Å². The third kappa shape index (κ3) is 3.21. The molecule has 0 radical (unpaired) electrons. The molecule has 1 aromatic heterocycles. The molecule has 2 aromatic rings. The van der Waals surface area contributed by atoms with E-state index in [-0.39, 0.29) is 18.0 Å². The van der Waals surface area contributed by atoms with Gasteiger partial charge in [0.2, 0.25) is 0 Å². The molecule has 1 aromatic carbocycles. The first-order valence-electron chi connectivity index (χ1n) is 5.51. The fourth-order valence-electron chi connectivity index (χ4n) is 1.68. The van der Waals surface area contributed by atoms with Crippen LogP contribution in [0.4, 0.5) is 13.2 Å². The van der Waals surface area contributed by atoms with Crippen LogP contribution in [0.5, 0.6) is 6.01 Å². The van der Waals surface area contributed by atoms with Crippen LogP contribution in [0.3, 0.4) is 0 Å². The molecule has 0 aliphatic carbocycles. The van der Waals surface area contributed by atoms with E-state index < -0.39 is 11.9 Å². The molecule has 0 atom stereocenters. The van der Waals surface area contributed by atoms with Crippen LogP contribution in [-0.4, -0.2) is 17.1 Å². The Bertz CT molecular complexity index is 556. The molecule has 1 heterocycles. The predicted molar refractivity (Wildman–Crippen MR) is 62.8 cm³/mol. The number of aromatic nitrogens is 2. The number of nitrogens with zero attached hydrogens (tertiary/aromatic N) is 2. The SMILES string of the molecule is COc1ncc(Cc2ccccc2)c(C(F)(F)F)n1. The topological polar surface area (TPSA) is 35.0 Å². The Labute approximate surface area is 108 Å². The summed E-state index contributed by atoms with van der Waals surface area (Å²) in [6, 6.07) is 8.57. The minimum absolute atomic E-state index is 0.0273. The average molecular weight is 268 g/mol. The lowest BCUT2D eigenvalue weighted by molar-refractivity contribution is -0.142. The maximum absolute atomic E-state index is 12.9. The summed E-state index contributed by atoms with van der Waals surface area (Å²) in [5.41, 5.74) is -0.163. The largest absolute Gasteiger partial charge is 0.467 e. The van der Waals surface area contributed by atoms with Gasteiger partial charge < -0.3 is 4.74 Å². The summed E-state index contributed by atoms with van der Waals surface area (Å²) in [5, 5.41) is 0. The van der Waals surface area contributed by atoms with Crippen LogP contribution in [0, 0.1) is 0 Å². The molecule has 0 spiro atoms. The average Bonchev–Trinajstić information content (AvgIpc) is 2.39. The summed E-state index contributed by atoms with van der Waals surface area (Å²) < 4.78 is 43.4. The van der Waals surface area contributed by atoms with E-state index in [1.165, 1.54) is 7.11 Å². The Balaban J connectivity index is 2.40. The zero-order valence-electron chi connectivity index (χ0n) is 10.1. The standard InChI is InChI=1S/C13H11F3N2O/c1-19-12-17-8-10(11(18-12)13(14,15)16)7-9-5-3-2-4-6-9/h2-6,8H,7H2,1H3. The van der Waals surface area contributed by atoms with Crippen molar-refractivity contribution in [1.29, 1.82) is 0 Å². The molecular formula is C13H11F3N2O. The number of hydrogen-bond acceptors (Lipinski definition) is 3. The lowest BCUT2D eigenvalue weighted by Crippen LogP contribution is -2.14. The van der Waals surface area contributed by atoms with Gasteiger partial charge in [0.25, 0.3) is 0 Å². The predicted octanol–water partition coefficient (Wildman–Crippen LogP) is 3.09. The highest BCUT2D eigenvalue weighted by atomic mass is 19.4. The van der Waals surface area contributed by atoms with E-state index in [0.717, 1.165) is 11.8 Å². The van der Waals surface area contributed by atoms with Gasteiger partial charge in [0.05, 0.1) is 7.11 Å². The van der Waals surface area contributed by atoms with Crippen molar-refractivity contribution < 1.29 is 17.9 Å². The molecule has 19 heavy (non-hydrogen) atoms. The smallest absolute Gasteiger partial charge is 0.433 e. The van der Waals surface area contributed by atoms with Crippen LogP contribution in [0.25, 0.3) is 0 Å². The van der Waals surface area contributed by atoms with Gasteiger partial charge in [0.1, 0.15) is 0 Å². The number of hydrogen-bond donors (Lipinski definition) is 0. The fraction of sp³-hybridized carbons (Fsp3) is 0.231. The Kier molecular flexibility index (Phi) is 3.69. The highest BCUT2D eigenvalue weighted by Crippen LogP contribution is 2.32. The molecule has 0 fully saturated rings. The van der Waals surface area contributed by atoms with Crippen LogP contribution >= 0.6 is 0 Å². The Morgan fingerprint density at radius 3 is 2.42 bits per heavy atom. The highest BCUT2D eigenvalue weighted by molar-refractivity contribution is 5.29. The molecule has 0 unspecified atom stereocenters. The Morgan fingerprint density at radius 2 is 1.84 bits per heavy atom. The van der Waals surface area contributed by atoms with Crippen molar-refractivity contribution in [2.75, 3.05) is 7.11 Å². The van der Waals surface area contributed by atoms with Gasteiger partial charge in [0.15, 0.2) is 5.69 Å². The van der Waals surface area contributed by atoms with Crippen molar-refractivity contribution in [1.82, 2.24) is 9.97 Å². The third-order valence-corrected chi connectivity index (χ3v) is 2.53. The minimum Gasteiger partial charge on any atom is -0.467 e. The molecule has 0 amide bonds. The van der Waals surface area contributed by atoms with E-state index in [9.17, 15) is 13.2 Å². The molecular weight excluding hydrogens is 257 g/mol. The van der Waals surface area contributed by atoms with Gasteiger partial charge in [0, 0.05) is 18.2 Å². The molecule has 0 saturated heterocycles. The van der Waals surface area contributed by atoms with Crippen LogP contribution in [0.15, 0.2) is 36.5 Å². The second kappa shape index (κ2) is 5.26. The molecule has 6 heteroatoms. The van der Waals surface area contributed by atoms with Gasteiger partial charge in [-0.05, 0) is 5.56 Å². The van der Waals surface area contributed by atoms with E-state index >= 15 is 0 Å². The molecule has 3 nitrogen and oxygen atoms in total. The van der Waals surface area contributed by atoms with E-state index in [0.29, 0.717) is 0 Å². The molecule has 0 saturated carbocycles. The maximum atomic E-state index is 12.9. The number of rotatable bonds is 3. The van der Waals surface area contributed by atoms with Crippen molar-refractivity contribution in [3.8, 4) is 6.01 Å². The zero-order chi connectivity index (χ0) is 13.9. The number of alkyl halides is 3. The van der Waals surface area contributed by atoms with Gasteiger partial charge in [-0.25, -0.2) is 4.98 Å². The van der Waals surface area contributed by atoms with Crippen molar-refractivity contribution in [2.24, 2.45) is 0 Å². The summed E-state index contributed by atoms with van der Waals surface area (Å²) >= 11 is 0. The maximum Gasteiger partial charge on any atom is 0.433 e. The molecule has 2 rings (SSSR count).